The average Bonchev–Trinajstić information content (AvgIpc) is 3.41. The van der Waals surface area contributed by atoms with Gasteiger partial charge < -0.3 is 10.6 Å². The number of hydrogen-bond donors (Lipinski definition) is 3. The highest BCUT2D eigenvalue weighted by molar-refractivity contribution is 7.93. The van der Waals surface area contributed by atoms with Gasteiger partial charge in [-0.2, -0.15) is 0 Å². The van der Waals surface area contributed by atoms with Crippen LogP contribution in [0.1, 0.15) is 21.5 Å². The maximum absolute atomic E-state index is 13.2. The molecule has 0 spiro atoms. The van der Waals surface area contributed by atoms with E-state index in [-0.39, 0.29) is 27.1 Å². The van der Waals surface area contributed by atoms with E-state index >= 15 is 0 Å². The van der Waals surface area contributed by atoms with Gasteiger partial charge >= 0.3 is 0 Å². The lowest BCUT2D eigenvalue weighted by Crippen LogP contribution is -2.30. The van der Waals surface area contributed by atoms with Gasteiger partial charge in [0.25, 0.3) is 27.5 Å². The highest BCUT2D eigenvalue weighted by Crippen LogP contribution is 2.21. The topological polar surface area (TPSA) is 160 Å². The normalized spacial score (nSPS) is 11.5. The molecule has 0 saturated carbocycles. The fraction of sp³-hybridized carbons (Fsp3) is 0.0385. The Labute approximate surface area is 227 Å². The molecule has 0 unspecified atom stereocenters. The van der Waals surface area contributed by atoms with E-state index in [4.69, 9.17) is 0 Å². The second-order valence-electron chi connectivity index (χ2n) is 8.15. The quantitative estimate of drug-likeness (QED) is 0.153. The zero-order chi connectivity index (χ0) is 28.0. The molecule has 0 atom stereocenters. The number of nitro benzene ring substituents is 1. The van der Waals surface area contributed by atoms with Crippen molar-refractivity contribution in [3.8, 4) is 0 Å². The molecule has 2 amide bonds. The Bertz CT molecular complexity index is 1650. The van der Waals surface area contributed by atoms with Gasteiger partial charge in [-0.25, -0.2) is 13.4 Å². The number of nitrogens with one attached hydrogen (secondary N) is 3. The van der Waals surface area contributed by atoms with Crippen molar-refractivity contribution >= 4 is 55.8 Å². The maximum Gasteiger partial charge on any atom is 0.272 e. The van der Waals surface area contributed by atoms with E-state index in [2.05, 4.69) is 20.3 Å². The first-order valence-corrected chi connectivity index (χ1v) is 13.6. The van der Waals surface area contributed by atoms with Crippen LogP contribution in [0.3, 0.4) is 0 Å². The van der Waals surface area contributed by atoms with Crippen molar-refractivity contribution < 1.29 is 22.9 Å². The fourth-order valence-corrected chi connectivity index (χ4v) is 5.10. The van der Waals surface area contributed by atoms with Crippen molar-refractivity contribution in [1.82, 2.24) is 10.3 Å². The summed E-state index contributed by atoms with van der Waals surface area (Å²) in [5, 5.41) is 18.2. The number of benzene rings is 3. The number of nitro groups is 1. The SMILES string of the molecule is Cc1ccc(C(=O)N/C(=C/c2cccc([N+](=O)[O-])c2)C(=O)Nc2ccc(S(=O)(=O)Nc3nccs3)cc2)cc1. The van der Waals surface area contributed by atoms with Crippen LogP contribution in [0, 0.1) is 17.0 Å². The Hall–Kier alpha value is -4.88. The lowest BCUT2D eigenvalue weighted by atomic mass is 10.1. The molecule has 1 heterocycles. The van der Waals surface area contributed by atoms with Crippen LogP contribution < -0.4 is 15.4 Å². The summed E-state index contributed by atoms with van der Waals surface area (Å²) in [6.45, 7) is 1.87. The molecule has 11 nitrogen and oxygen atoms in total. The van der Waals surface area contributed by atoms with Crippen LogP contribution in [0.15, 0.2) is 95.0 Å². The predicted molar refractivity (Wildman–Crippen MR) is 148 cm³/mol. The third-order valence-electron chi connectivity index (χ3n) is 5.28. The minimum absolute atomic E-state index is 0.0456. The van der Waals surface area contributed by atoms with Crippen molar-refractivity contribution in [3.63, 3.8) is 0 Å². The Balaban J connectivity index is 1.57. The number of carbonyl (C=O) groups excluding carboxylic acids is 2. The van der Waals surface area contributed by atoms with E-state index in [1.165, 1.54) is 54.7 Å². The van der Waals surface area contributed by atoms with Gasteiger partial charge in [-0.15, -0.1) is 11.3 Å². The molecule has 0 saturated heterocycles. The van der Waals surface area contributed by atoms with Gasteiger partial charge in [0.15, 0.2) is 5.13 Å². The molecule has 0 aliphatic heterocycles. The molecular formula is C26H21N5O6S2. The summed E-state index contributed by atoms with van der Waals surface area (Å²) < 4.78 is 27.5. The summed E-state index contributed by atoms with van der Waals surface area (Å²) >= 11 is 1.13. The van der Waals surface area contributed by atoms with E-state index in [0.29, 0.717) is 11.1 Å². The van der Waals surface area contributed by atoms with Gasteiger partial charge in [0.05, 0.1) is 9.82 Å². The number of thiazole rings is 1. The standard InChI is InChI=1S/C26H21N5O6S2/c1-17-5-7-19(8-6-17)24(32)29-23(16-18-3-2-4-21(15-18)31(34)35)25(33)28-20-9-11-22(12-10-20)39(36,37)30-26-27-13-14-38-26/h2-16H,1H3,(H,27,30)(H,28,33)(H,29,32)/b23-16+. The van der Waals surface area contributed by atoms with Gasteiger partial charge in [-0.1, -0.05) is 29.8 Å². The number of aromatic nitrogens is 1. The van der Waals surface area contributed by atoms with E-state index in [9.17, 15) is 28.1 Å². The molecule has 198 valence electrons. The van der Waals surface area contributed by atoms with Crippen molar-refractivity contribution in [2.24, 2.45) is 0 Å². The van der Waals surface area contributed by atoms with Crippen LogP contribution in [0.25, 0.3) is 6.08 Å². The second-order valence-corrected chi connectivity index (χ2v) is 10.7. The summed E-state index contributed by atoms with van der Waals surface area (Å²) in [6.07, 6.45) is 2.78. The molecule has 0 aliphatic carbocycles. The summed E-state index contributed by atoms with van der Waals surface area (Å²) in [6, 6.07) is 17.7. The highest BCUT2D eigenvalue weighted by atomic mass is 32.2. The molecule has 3 N–H and O–H groups in total. The largest absolute Gasteiger partial charge is 0.321 e. The van der Waals surface area contributed by atoms with E-state index < -0.39 is 26.8 Å². The molecule has 1 aromatic heterocycles. The van der Waals surface area contributed by atoms with Gasteiger partial charge in [-0.05, 0) is 55.0 Å². The van der Waals surface area contributed by atoms with Crippen LogP contribution in [0.4, 0.5) is 16.5 Å². The Morgan fingerprint density at radius 3 is 2.38 bits per heavy atom. The molecule has 0 bridgehead atoms. The first-order valence-electron chi connectivity index (χ1n) is 11.3. The van der Waals surface area contributed by atoms with Crippen LogP contribution in [-0.4, -0.2) is 30.1 Å². The Morgan fingerprint density at radius 1 is 1.03 bits per heavy atom. The highest BCUT2D eigenvalue weighted by Gasteiger charge is 2.18. The molecule has 4 aromatic rings. The van der Waals surface area contributed by atoms with Crippen LogP contribution in [0.2, 0.25) is 0 Å². The number of non-ortho nitro benzene ring substituents is 1. The van der Waals surface area contributed by atoms with Gasteiger partial charge in [0, 0.05) is 35.0 Å². The van der Waals surface area contributed by atoms with Crippen molar-refractivity contribution in [2.75, 3.05) is 10.0 Å². The molecule has 3 aromatic carbocycles. The van der Waals surface area contributed by atoms with Crippen LogP contribution in [-0.2, 0) is 14.8 Å². The summed E-state index contributed by atoms with van der Waals surface area (Å²) in [5.74, 6) is -1.28. The number of nitrogens with zero attached hydrogens (tertiary/aromatic N) is 2. The molecule has 0 aliphatic rings. The zero-order valence-corrected chi connectivity index (χ0v) is 22.0. The average molecular weight is 564 g/mol. The molecular weight excluding hydrogens is 542 g/mol. The maximum atomic E-state index is 13.2. The number of rotatable bonds is 9. The fourth-order valence-electron chi connectivity index (χ4n) is 3.32. The number of hydrogen-bond acceptors (Lipinski definition) is 8. The number of aryl methyl sites for hydroxylation is 1. The Morgan fingerprint density at radius 2 is 1.74 bits per heavy atom. The first kappa shape index (κ1) is 27.2. The summed E-state index contributed by atoms with van der Waals surface area (Å²) in [4.78, 5) is 40.5. The van der Waals surface area contributed by atoms with E-state index in [1.807, 2.05) is 6.92 Å². The molecule has 0 radical (unpaired) electrons. The molecule has 13 heteroatoms. The van der Waals surface area contributed by atoms with E-state index in [0.717, 1.165) is 16.9 Å². The number of carbonyl (C=O) groups is 2. The first-order chi connectivity index (χ1) is 18.6. The van der Waals surface area contributed by atoms with Gasteiger partial charge in [0.2, 0.25) is 0 Å². The minimum atomic E-state index is -3.88. The van der Waals surface area contributed by atoms with E-state index in [1.54, 1.807) is 35.7 Å². The lowest BCUT2D eigenvalue weighted by molar-refractivity contribution is -0.384. The van der Waals surface area contributed by atoms with Crippen LogP contribution in [0.5, 0.6) is 0 Å². The molecule has 4 rings (SSSR count). The van der Waals surface area contributed by atoms with Crippen molar-refractivity contribution in [1.29, 1.82) is 0 Å². The number of anilines is 2. The summed E-state index contributed by atoms with van der Waals surface area (Å²) in [5.41, 5.74) is 1.46. The van der Waals surface area contributed by atoms with Crippen LogP contribution >= 0.6 is 11.3 Å². The van der Waals surface area contributed by atoms with Crippen molar-refractivity contribution in [2.45, 2.75) is 11.8 Å². The predicted octanol–water partition coefficient (Wildman–Crippen LogP) is 4.57. The van der Waals surface area contributed by atoms with Gasteiger partial charge in [0.1, 0.15) is 5.70 Å². The number of sulfonamides is 1. The molecule has 39 heavy (non-hydrogen) atoms. The third kappa shape index (κ3) is 7.12. The second kappa shape index (κ2) is 11.7. The summed E-state index contributed by atoms with van der Waals surface area (Å²) in [7, 11) is -3.88. The minimum Gasteiger partial charge on any atom is -0.321 e. The Kier molecular flexibility index (Phi) is 8.13. The number of amides is 2. The van der Waals surface area contributed by atoms with Gasteiger partial charge in [-0.3, -0.25) is 24.4 Å². The lowest BCUT2D eigenvalue weighted by Gasteiger charge is -2.12. The third-order valence-corrected chi connectivity index (χ3v) is 7.45. The zero-order valence-electron chi connectivity index (χ0n) is 20.3. The van der Waals surface area contributed by atoms with Crippen molar-refractivity contribution in [3.05, 3.63) is 117 Å². The monoisotopic (exact) mass is 563 g/mol. The smallest absolute Gasteiger partial charge is 0.272 e. The molecule has 0 fully saturated rings.